The molecule has 0 aromatic heterocycles. The summed E-state index contributed by atoms with van der Waals surface area (Å²) >= 11 is 0. The third-order valence-corrected chi connectivity index (χ3v) is 9.37. The molecule has 0 atom stereocenters. The van der Waals surface area contributed by atoms with Gasteiger partial charge in [-0.05, 0) is 31.7 Å². The van der Waals surface area contributed by atoms with Crippen LogP contribution in [0.2, 0.25) is 0 Å². The van der Waals surface area contributed by atoms with E-state index in [1.807, 2.05) is 24.3 Å². The summed E-state index contributed by atoms with van der Waals surface area (Å²) in [5.74, 6) is 0. The van der Waals surface area contributed by atoms with Crippen LogP contribution in [0.4, 0.5) is 0 Å². The van der Waals surface area contributed by atoms with E-state index in [1.165, 1.54) is 24.6 Å². The summed E-state index contributed by atoms with van der Waals surface area (Å²) in [6.07, 6.45) is 6.13. The fourth-order valence-electron chi connectivity index (χ4n) is 1.56. The monoisotopic (exact) mass is 463 g/mol. The molecule has 0 spiro atoms. The van der Waals surface area contributed by atoms with E-state index >= 15 is 0 Å². The second-order valence-electron chi connectivity index (χ2n) is 7.60. The Bertz CT molecular complexity index is 340. The van der Waals surface area contributed by atoms with Gasteiger partial charge in [0.2, 0.25) is 0 Å². The number of rotatable bonds is 6. The minimum Gasteiger partial charge on any atom is -0.299 e. The van der Waals surface area contributed by atoms with Crippen molar-refractivity contribution in [3.63, 3.8) is 0 Å². The molecule has 1 aromatic carbocycles. The Labute approximate surface area is 175 Å². The van der Waals surface area contributed by atoms with Crippen molar-refractivity contribution in [2.45, 2.75) is 0 Å². The average molecular weight is 463 g/mol. The van der Waals surface area contributed by atoms with Gasteiger partial charge < -0.3 is 0 Å². The largest absolute Gasteiger partial charge is 2.00 e. The predicted octanol–water partition coefficient (Wildman–Crippen LogP) is 5.92. The maximum Gasteiger partial charge on any atom is 2.00 e. The first-order valence-corrected chi connectivity index (χ1v) is 19.8. The van der Waals surface area contributed by atoms with Gasteiger partial charge in [0, 0.05) is 53.3 Å². The first-order valence-electron chi connectivity index (χ1n) is 8.95. The fourth-order valence-corrected chi connectivity index (χ4v) is 9.56. The SMILES string of the molecule is C[PH+](C)CC[PH+](C)C.C[PH+](C)CC[PH+](C)C.[CH2-]c1ccccc1[CH2-].[Mn+2]. The molecule has 0 saturated heterocycles. The Hall–Kier alpha value is 1.20. The maximum absolute atomic E-state index is 3.76. The summed E-state index contributed by atoms with van der Waals surface area (Å²) in [6.45, 7) is 26.7. The van der Waals surface area contributed by atoms with Crippen molar-refractivity contribution >= 4 is 31.7 Å². The predicted molar refractivity (Wildman–Crippen MR) is 135 cm³/mol. The Balaban J connectivity index is -0.000000285. The van der Waals surface area contributed by atoms with Crippen LogP contribution >= 0.6 is 31.7 Å². The third-order valence-electron chi connectivity index (χ3n) is 3.37. The van der Waals surface area contributed by atoms with Gasteiger partial charge in [-0.15, -0.1) is 12.1 Å². The van der Waals surface area contributed by atoms with E-state index in [-0.39, 0.29) is 48.8 Å². The summed E-state index contributed by atoms with van der Waals surface area (Å²) in [7, 11) is 0.383. The molecule has 25 heavy (non-hydrogen) atoms. The maximum atomic E-state index is 3.76. The van der Waals surface area contributed by atoms with Gasteiger partial charge in [-0.1, -0.05) is 0 Å². The molecule has 0 fully saturated rings. The molecular formula is C20H44MnP4+4. The van der Waals surface area contributed by atoms with Gasteiger partial charge >= 0.3 is 17.1 Å². The van der Waals surface area contributed by atoms with E-state index in [9.17, 15) is 0 Å². The minimum atomic E-state index is 0. The van der Waals surface area contributed by atoms with Gasteiger partial charge in [-0.25, -0.2) is 12.1 Å². The van der Waals surface area contributed by atoms with Crippen LogP contribution in [-0.2, 0) is 17.1 Å². The first kappa shape index (κ1) is 30.9. The van der Waals surface area contributed by atoms with Crippen LogP contribution < -0.4 is 0 Å². The molecule has 0 saturated carbocycles. The zero-order valence-corrected chi connectivity index (χ0v) is 23.1. The zero-order valence-electron chi connectivity index (χ0n) is 17.9. The van der Waals surface area contributed by atoms with Gasteiger partial charge in [-0.2, -0.15) is 0 Å². The number of hydrogen-bond acceptors (Lipinski definition) is 0. The van der Waals surface area contributed by atoms with Crippen molar-refractivity contribution in [3.8, 4) is 0 Å². The Morgan fingerprint density at radius 2 is 0.760 bits per heavy atom. The molecule has 0 heterocycles. The van der Waals surface area contributed by atoms with E-state index in [1.54, 1.807) is 0 Å². The second-order valence-corrected chi connectivity index (χ2v) is 19.3. The molecule has 1 radical (unpaired) electrons. The van der Waals surface area contributed by atoms with Crippen LogP contribution in [0.1, 0.15) is 11.1 Å². The molecule has 0 aliphatic carbocycles. The standard InChI is InChI=1S/C8H8.2C6H16P2.Mn/c1-7-5-3-4-6-8(7)2;2*1-7(2)5-6-8(3)4;/h3-6H,1-2H2;2*5-6H2,1-4H3;/q-2;;;+2/p+4. The molecular weight excluding hydrogens is 419 g/mol. The van der Waals surface area contributed by atoms with Crippen molar-refractivity contribution in [3.05, 3.63) is 49.2 Å². The summed E-state index contributed by atoms with van der Waals surface area (Å²) < 4.78 is 0. The average Bonchev–Trinajstić information content (AvgIpc) is 2.47. The topological polar surface area (TPSA) is 0 Å². The van der Waals surface area contributed by atoms with Crippen LogP contribution in [0.3, 0.4) is 0 Å². The van der Waals surface area contributed by atoms with Crippen molar-refractivity contribution in [2.75, 3.05) is 78.0 Å². The van der Waals surface area contributed by atoms with Gasteiger partial charge in [0.05, 0.1) is 24.6 Å². The van der Waals surface area contributed by atoms with Gasteiger partial charge in [0.1, 0.15) is 0 Å². The molecule has 1 rings (SSSR count). The summed E-state index contributed by atoms with van der Waals surface area (Å²) in [6, 6.07) is 7.80. The van der Waals surface area contributed by atoms with E-state index in [4.69, 9.17) is 0 Å². The van der Waals surface area contributed by atoms with E-state index in [0.717, 1.165) is 11.1 Å². The Morgan fingerprint density at radius 1 is 0.560 bits per heavy atom. The smallest absolute Gasteiger partial charge is 0.299 e. The summed E-state index contributed by atoms with van der Waals surface area (Å²) in [4.78, 5) is 0. The number of hydrogen-bond donors (Lipinski definition) is 0. The van der Waals surface area contributed by atoms with Crippen LogP contribution in [-0.4, -0.2) is 78.0 Å². The second kappa shape index (κ2) is 19.9. The fraction of sp³-hybridized carbons (Fsp3) is 0.600. The molecule has 0 aliphatic heterocycles. The zero-order chi connectivity index (χ0) is 19.1. The molecule has 1 aromatic rings. The van der Waals surface area contributed by atoms with E-state index < -0.39 is 0 Å². The van der Waals surface area contributed by atoms with E-state index in [2.05, 4.69) is 67.2 Å². The molecule has 0 N–H and O–H groups in total. The van der Waals surface area contributed by atoms with Crippen LogP contribution in [0.25, 0.3) is 0 Å². The quantitative estimate of drug-likeness (QED) is 0.279. The van der Waals surface area contributed by atoms with E-state index in [0.29, 0.717) is 0 Å². The van der Waals surface area contributed by atoms with Crippen molar-refractivity contribution in [1.82, 2.24) is 0 Å². The summed E-state index contributed by atoms with van der Waals surface area (Å²) in [5.41, 5.74) is 2.01. The van der Waals surface area contributed by atoms with Crippen LogP contribution in [0.5, 0.6) is 0 Å². The summed E-state index contributed by atoms with van der Waals surface area (Å²) in [5, 5.41) is 0. The van der Waals surface area contributed by atoms with Gasteiger partial charge in [0.15, 0.2) is 0 Å². The Morgan fingerprint density at radius 3 is 0.880 bits per heavy atom. The Kier molecular flexibility index (Phi) is 24.7. The minimum absolute atomic E-state index is 0. The first-order chi connectivity index (χ1) is 11.1. The van der Waals surface area contributed by atoms with Crippen molar-refractivity contribution in [1.29, 1.82) is 0 Å². The van der Waals surface area contributed by atoms with Crippen molar-refractivity contribution in [2.24, 2.45) is 0 Å². The normalized spacial score (nSPS) is 10.1. The van der Waals surface area contributed by atoms with Gasteiger partial charge in [-0.3, -0.25) is 25.0 Å². The molecule has 0 bridgehead atoms. The van der Waals surface area contributed by atoms with Crippen LogP contribution in [0, 0.1) is 13.8 Å². The molecule has 0 nitrogen and oxygen atoms in total. The molecule has 0 aliphatic rings. The molecule has 5 heteroatoms. The van der Waals surface area contributed by atoms with Gasteiger partial charge in [0.25, 0.3) is 0 Å². The molecule has 0 unspecified atom stereocenters. The molecule has 147 valence electrons. The van der Waals surface area contributed by atoms with Crippen molar-refractivity contribution < 1.29 is 17.1 Å². The molecule has 0 amide bonds. The number of benzene rings is 1. The third kappa shape index (κ3) is 27.5. The van der Waals surface area contributed by atoms with Crippen LogP contribution in [0.15, 0.2) is 24.3 Å².